The van der Waals surface area contributed by atoms with Crippen LogP contribution in [0.15, 0.2) is 52.3 Å². The van der Waals surface area contributed by atoms with Crippen molar-refractivity contribution in [2.24, 2.45) is 0 Å². The summed E-state index contributed by atoms with van der Waals surface area (Å²) in [4.78, 5) is 15.9. The molecule has 0 spiro atoms. The van der Waals surface area contributed by atoms with Crippen LogP contribution in [0, 0.1) is 0 Å². The first-order valence-corrected chi connectivity index (χ1v) is 10.1. The van der Waals surface area contributed by atoms with Gasteiger partial charge in [-0.15, -0.1) is 11.8 Å². The molecule has 1 aliphatic rings. The van der Waals surface area contributed by atoms with Crippen molar-refractivity contribution in [3.8, 4) is 0 Å². The number of anilines is 1. The van der Waals surface area contributed by atoms with E-state index in [2.05, 4.69) is 0 Å². The molecule has 0 N–H and O–H groups in total. The minimum atomic E-state index is -0.178. The van der Waals surface area contributed by atoms with Crippen molar-refractivity contribution in [3.63, 3.8) is 0 Å². The lowest BCUT2D eigenvalue weighted by molar-refractivity contribution is -0.113. The van der Waals surface area contributed by atoms with Gasteiger partial charge in [-0.3, -0.25) is 9.69 Å². The van der Waals surface area contributed by atoms with E-state index in [-0.39, 0.29) is 5.91 Å². The van der Waals surface area contributed by atoms with Crippen molar-refractivity contribution in [1.29, 1.82) is 0 Å². The Morgan fingerprint density at radius 3 is 2.50 bits per heavy atom. The molecule has 1 saturated heterocycles. The summed E-state index contributed by atoms with van der Waals surface area (Å²) in [5, 5.41) is 0.906. The normalized spacial score (nSPS) is 16.3. The molecule has 1 amide bonds. The molecule has 2 aromatic rings. The lowest BCUT2D eigenvalue weighted by Crippen LogP contribution is -2.27. The van der Waals surface area contributed by atoms with Crippen LogP contribution in [0.1, 0.15) is 5.56 Å². The second-order valence-electron chi connectivity index (χ2n) is 4.89. The summed E-state index contributed by atoms with van der Waals surface area (Å²) in [6.07, 6.45) is 3.86. The van der Waals surface area contributed by atoms with Gasteiger partial charge in [-0.25, -0.2) is 0 Å². The summed E-state index contributed by atoms with van der Waals surface area (Å²) in [6, 6.07) is 13.0. The molecule has 0 saturated carbocycles. The van der Waals surface area contributed by atoms with E-state index in [0.717, 1.165) is 5.56 Å². The zero-order valence-corrected chi connectivity index (χ0v) is 16.4. The van der Waals surface area contributed by atoms with Crippen molar-refractivity contribution in [2.75, 3.05) is 11.2 Å². The molecular formula is C17H11Cl2NOS3. The SMILES string of the molecule is CSc1ccc(C=C2SC(=S)N(c3ccc(Cl)cc3Cl)C2=O)cc1. The summed E-state index contributed by atoms with van der Waals surface area (Å²) in [6.45, 7) is 0. The highest BCUT2D eigenvalue weighted by Crippen LogP contribution is 2.39. The zero-order chi connectivity index (χ0) is 17.3. The Kier molecular flexibility index (Phi) is 5.57. The highest BCUT2D eigenvalue weighted by atomic mass is 35.5. The van der Waals surface area contributed by atoms with Crippen LogP contribution in [0.2, 0.25) is 10.0 Å². The highest BCUT2D eigenvalue weighted by molar-refractivity contribution is 8.27. The van der Waals surface area contributed by atoms with E-state index in [4.69, 9.17) is 35.4 Å². The lowest BCUT2D eigenvalue weighted by Gasteiger charge is -2.16. The third-order valence-corrected chi connectivity index (χ3v) is 5.94. The Morgan fingerprint density at radius 2 is 1.88 bits per heavy atom. The van der Waals surface area contributed by atoms with Crippen LogP contribution in [-0.4, -0.2) is 16.5 Å². The largest absolute Gasteiger partial charge is 0.270 e. The topological polar surface area (TPSA) is 20.3 Å². The average molecular weight is 412 g/mol. The smallest absolute Gasteiger partial charge is 0.268 e. The molecule has 1 aliphatic heterocycles. The minimum absolute atomic E-state index is 0.178. The van der Waals surface area contributed by atoms with Gasteiger partial charge in [0.05, 0.1) is 15.6 Å². The summed E-state index contributed by atoms with van der Waals surface area (Å²) in [5.41, 5.74) is 1.50. The van der Waals surface area contributed by atoms with E-state index in [9.17, 15) is 4.79 Å². The van der Waals surface area contributed by atoms with Crippen LogP contribution >= 0.6 is 58.9 Å². The lowest BCUT2D eigenvalue weighted by atomic mass is 10.2. The van der Waals surface area contributed by atoms with Crippen LogP contribution in [0.3, 0.4) is 0 Å². The maximum absolute atomic E-state index is 12.7. The predicted octanol–water partition coefficient (Wildman–Crippen LogP) is 6.12. The number of hydrogen-bond donors (Lipinski definition) is 0. The molecule has 2 nitrogen and oxygen atoms in total. The van der Waals surface area contributed by atoms with Crippen LogP contribution in [0.25, 0.3) is 6.08 Å². The monoisotopic (exact) mass is 411 g/mol. The number of hydrogen-bond acceptors (Lipinski definition) is 4. The molecule has 0 aliphatic carbocycles. The van der Waals surface area contributed by atoms with Gasteiger partial charge in [0.1, 0.15) is 0 Å². The second-order valence-corrected chi connectivity index (χ2v) is 8.29. The number of amides is 1. The van der Waals surface area contributed by atoms with E-state index in [1.165, 1.54) is 21.6 Å². The maximum atomic E-state index is 12.7. The molecule has 1 fully saturated rings. The van der Waals surface area contributed by atoms with E-state index in [1.54, 1.807) is 30.0 Å². The van der Waals surface area contributed by atoms with Gasteiger partial charge in [0.2, 0.25) is 0 Å². The summed E-state index contributed by atoms with van der Waals surface area (Å²) in [7, 11) is 0. The average Bonchev–Trinajstić information content (AvgIpc) is 2.83. The molecule has 7 heteroatoms. The van der Waals surface area contributed by atoms with Gasteiger partial charge < -0.3 is 0 Å². The van der Waals surface area contributed by atoms with Crippen LogP contribution < -0.4 is 4.90 Å². The van der Waals surface area contributed by atoms with Gasteiger partial charge in [0.25, 0.3) is 5.91 Å². The van der Waals surface area contributed by atoms with Crippen molar-refractivity contribution in [1.82, 2.24) is 0 Å². The standard InChI is InChI=1S/C17H11Cl2NOS3/c1-23-12-5-2-10(3-6-12)8-15-16(21)20(17(22)24-15)14-7-4-11(18)9-13(14)19/h2-9H,1H3. The number of rotatable bonds is 3. The third kappa shape index (κ3) is 3.65. The molecule has 24 heavy (non-hydrogen) atoms. The van der Waals surface area contributed by atoms with Crippen molar-refractivity contribution < 1.29 is 4.79 Å². The Balaban J connectivity index is 1.92. The van der Waals surface area contributed by atoms with Crippen LogP contribution in [0.4, 0.5) is 5.69 Å². The highest BCUT2D eigenvalue weighted by Gasteiger charge is 2.34. The number of carbonyl (C=O) groups excluding carboxylic acids is 1. The van der Waals surface area contributed by atoms with Gasteiger partial charge in [0.15, 0.2) is 4.32 Å². The van der Waals surface area contributed by atoms with E-state index >= 15 is 0 Å². The van der Waals surface area contributed by atoms with Crippen molar-refractivity contribution in [2.45, 2.75) is 4.90 Å². The molecule has 3 rings (SSSR count). The van der Waals surface area contributed by atoms with Crippen LogP contribution in [0.5, 0.6) is 0 Å². The first-order chi connectivity index (χ1) is 11.5. The first-order valence-electron chi connectivity index (χ1n) is 6.86. The number of thioether (sulfide) groups is 2. The number of halogens is 2. The Morgan fingerprint density at radius 1 is 1.17 bits per heavy atom. The van der Waals surface area contributed by atoms with Gasteiger partial charge in [-0.2, -0.15) is 0 Å². The zero-order valence-electron chi connectivity index (χ0n) is 12.5. The quantitative estimate of drug-likeness (QED) is 0.344. The fourth-order valence-corrected chi connectivity index (χ4v) is 4.38. The molecule has 0 unspecified atom stereocenters. The van der Waals surface area contributed by atoms with Crippen molar-refractivity contribution in [3.05, 3.63) is 63.0 Å². The molecule has 0 aromatic heterocycles. The van der Waals surface area contributed by atoms with Crippen LogP contribution in [-0.2, 0) is 4.79 Å². The number of nitrogens with zero attached hydrogens (tertiary/aromatic N) is 1. The molecule has 0 atom stereocenters. The van der Waals surface area contributed by atoms with E-state index in [1.807, 2.05) is 36.6 Å². The summed E-state index contributed by atoms with van der Waals surface area (Å²) in [5.74, 6) is -0.178. The van der Waals surface area contributed by atoms with Gasteiger partial charge >= 0.3 is 0 Å². The molecule has 122 valence electrons. The first kappa shape index (κ1) is 17.8. The Bertz CT molecular complexity index is 849. The van der Waals surface area contributed by atoms with Crippen molar-refractivity contribution >= 4 is 80.9 Å². The predicted molar refractivity (Wildman–Crippen MR) is 110 cm³/mol. The van der Waals surface area contributed by atoms with Gasteiger partial charge in [-0.05, 0) is 48.2 Å². The Hall–Kier alpha value is -0.980. The minimum Gasteiger partial charge on any atom is -0.268 e. The number of benzene rings is 2. The van der Waals surface area contributed by atoms with Gasteiger partial charge in [0, 0.05) is 9.92 Å². The molecule has 0 bridgehead atoms. The summed E-state index contributed by atoms with van der Waals surface area (Å²) >= 11 is 20.4. The third-order valence-electron chi connectivity index (χ3n) is 3.36. The molecule has 1 heterocycles. The van der Waals surface area contributed by atoms with E-state index in [0.29, 0.717) is 25.0 Å². The number of carbonyl (C=O) groups is 1. The number of thiocarbonyl (C=S) groups is 1. The fourth-order valence-electron chi connectivity index (χ4n) is 2.19. The second kappa shape index (κ2) is 7.50. The van der Waals surface area contributed by atoms with E-state index < -0.39 is 0 Å². The molecule has 2 aromatic carbocycles. The molecule has 0 radical (unpaired) electrons. The maximum Gasteiger partial charge on any atom is 0.270 e. The van der Waals surface area contributed by atoms with Gasteiger partial charge in [-0.1, -0.05) is 59.3 Å². The summed E-state index contributed by atoms with van der Waals surface area (Å²) < 4.78 is 0.455. The fraction of sp³-hybridized carbons (Fsp3) is 0.0588. The Labute approximate surface area is 164 Å². The molecular weight excluding hydrogens is 401 g/mol.